The van der Waals surface area contributed by atoms with Crippen LogP contribution >= 0.6 is 0 Å². The number of benzene rings is 2. The van der Waals surface area contributed by atoms with E-state index in [4.69, 9.17) is 4.43 Å². The molecule has 2 aromatic carbocycles. The van der Waals surface area contributed by atoms with Gasteiger partial charge in [-0.05, 0) is 54.5 Å². The van der Waals surface area contributed by atoms with Gasteiger partial charge in [0.15, 0.2) is 8.32 Å². The first kappa shape index (κ1) is 23.8. The summed E-state index contributed by atoms with van der Waals surface area (Å²) >= 11 is 0. The molecule has 0 spiro atoms. The molecule has 170 valence electrons. The topological polar surface area (TPSA) is 72.4 Å². The molecule has 0 radical (unpaired) electrons. The van der Waals surface area contributed by atoms with Crippen LogP contribution in [0.4, 0.5) is 11.4 Å². The van der Waals surface area contributed by atoms with Crippen LogP contribution < -0.4 is 16.2 Å². The summed E-state index contributed by atoms with van der Waals surface area (Å²) in [6.07, 6.45) is 0. The highest BCUT2D eigenvalue weighted by molar-refractivity contribution is 6.74. The summed E-state index contributed by atoms with van der Waals surface area (Å²) in [4.78, 5) is 25.5. The Hall–Kier alpha value is -2.90. The lowest BCUT2D eigenvalue weighted by molar-refractivity contribution is 0.102. The average Bonchev–Trinajstić information content (AvgIpc) is 2.73. The smallest absolute Gasteiger partial charge is 0.263 e. The third-order valence-electron chi connectivity index (χ3n) is 6.20. The number of fused-ring (bicyclic) bond motifs is 1. The maximum absolute atomic E-state index is 12.8. The summed E-state index contributed by atoms with van der Waals surface area (Å²) in [5.74, 6) is -0.417. The van der Waals surface area contributed by atoms with Crippen molar-refractivity contribution < 1.29 is 9.22 Å². The molecule has 1 aromatic heterocycles. The van der Waals surface area contributed by atoms with E-state index in [1.54, 1.807) is 25.2 Å². The molecule has 0 fully saturated rings. The zero-order chi connectivity index (χ0) is 23.5. The number of pyridine rings is 1. The first-order valence-corrected chi connectivity index (χ1v) is 13.8. The lowest BCUT2D eigenvalue weighted by Gasteiger charge is -2.36. The Morgan fingerprint density at radius 1 is 1.03 bits per heavy atom. The largest absolute Gasteiger partial charge is 0.415 e. The van der Waals surface area contributed by atoms with Crippen molar-refractivity contribution in [1.29, 1.82) is 0 Å². The summed E-state index contributed by atoms with van der Waals surface area (Å²) in [6, 6.07) is 16.6. The van der Waals surface area contributed by atoms with Gasteiger partial charge in [-0.2, -0.15) is 0 Å². The monoisotopic (exact) mass is 451 g/mol. The first-order valence-electron chi connectivity index (χ1n) is 10.9. The number of hydrogen-bond acceptors (Lipinski definition) is 4. The van der Waals surface area contributed by atoms with E-state index in [0.717, 1.165) is 16.6 Å². The van der Waals surface area contributed by atoms with Crippen LogP contribution in [0.15, 0.2) is 59.4 Å². The van der Waals surface area contributed by atoms with Crippen LogP contribution in [0.2, 0.25) is 18.1 Å². The van der Waals surface area contributed by atoms with E-state index in [0.29, 0.717) is 18.8 Å². The molecule has 2 N–H and O–H groups in total. The minimum Gasteiger partial charge on any atom is -0.415 e. The van der Waals surface area contributed by atoms with E-state index in [1.165, 1.54) is 4.57 Å². The van der Waals surface area contributed by atoms with Crippen LogP contribution in [0.5, 0.6) is 0 Å². The molecular weight excluding hydrogens is 418 g/mol. The van der Waals surface area contributed by atoms with Gasteiger partial charge >= 0.3 is 0 Å². The number of carbonyl (C=O) groups excluding carboxylic acids is 1. The maximum atomic E-state index is 12.8. The number of para-hydroxylation sites is 1. The van der Waals surface area contributed by atoms with Gasteiger partial charge in [0, 0.05) is 30.4 Å². The van der Waals surface area contributed by atoms with Gasteiger partial charge < -0.3 is 19.6 Å². The van der Waals surface area contributed by atoms with Gasteiger partial charge in [-0.25, -0.2) is 0 Å². The Bertz CT molecular complexity index is 1160. The SMILES string of the molecule is Cn1c(=O)c(C(=O)Nc2ccccc2)cc2cc(NCCO[Si](C)(C)C(C)(C)C)ccc21. The second kappa shape index (κ2) is 9.30. The van der Waals surface area contributed by atoms with Gasteiger partial charge in [-0.3, -0.25) is 9.59 Å². The van der Waals surface area contributed by atoms with Crippen LogP contribution in [0.3, 0.4) is 0 Å². The minimum absolute atomic E-state index is 0.113. The molecule has 0 saturated carbocycles. The normalized spacial score (nSPS) is 12.1. The molecule has 0 aliphatic rings. The number of nitrogens with zero attached hydrogens (tertiary/aromatic N) is 1. The molecule has 0 bridgehead atoms. The van der Waals surface area contributed by atoms with E-state index in [-0.39, 0.29) is 16.2 Å². The van der Waals surface area contributed by atoms with Gasteiger partial charge in [0.05, 0.1) is 12.1 Å². The summed E-state index contributed by atoms with van der Waals surface area (Å²) in [6.45, 7) is 12.5. The number of carbonyl (C=O) groups is 1. The quantitative estimate of drug-likeness (QED) is 0.381. The van der Waals surface area contributed by atoms with Crippen molar-refractivity contribution in [3.8, 4) is 0 Å². The lowest BCUT2D eigenvalue weighted by atomic mass is 10.1. The van der Waals surface area contributed by atoms with Gasteiger partial charge in [0.2, 0.25) is 0 Å². The highest BCUT2D eigenvalue weighted by Gasteiger charge is 2.36. The van der Waals surface area contributed by atoms with E-state index < -0.39 is 14.2 Å². The first-order chi connectivity index (χ1) is 15.0. The molecule has 0 saturated heterocycles. The Balaban J connectivity index is 1.76. The molecule has 1 heterocycles. The fourth-order valence-electron chi connectivity index (χ4n) is 3.19. The molecule has 7 heteroatoms. The number of amides is 1. The summed E-state index contributed by atoms with van der Waals surface area (Å²) in [5.41, 5.74) is 2.13. The molecule has 1 amide bonds. The van der Waals surface area contributed by atoms with Gasteiger partial charge in [-0.15, -0.1) is 0 Å². The second-order valence-corrected chi connectivity index (χ2v) is 14.4. The van der Waals surface area contributed by atoms with Gasteiger partial charge in [-0.1, -0.05) is 39.0 Å². The van der Waals surface area contributed by atoms with Crippen LogP contribution in [-0.2, 0) is 11.5 Å². The highest BCUT2D eigenvalue weighted by atomic mass is 28.4. The van der Waals surface area contributed by atoms with Crippen molar-refractivity contribution in [2.24, 2.45) is 7.05 Å². The zero-order valence-corrected chi connectivity index (χ0v) is 20.8. The Morgan fingerprint density at radius 2 is 1.72 bits per heavy atom. The Labute approximate surface area is 190 Å². The molecular formula is C25H33N3O3Si. The van der Waals surface area contributed by atoms with E-state index in [1.807, 2.05) is 36.4 Å². The Kier molecular flexibility index (Phi) is 6.90. The van der Waals surface area contributed by atoms with E-state index in [2.05, 4.69) is 44.5 Å². The molecule has 0 aliphatic carbocycles. The van der Waals surface area contributed by atoms with E-state index in [9.17, 15) is 9.59 Å². The standard InChI is InChI=1S/C25H33N3O3Si/c1-25(2,3)32(5,6)31-15-14-26-20-12-13-22-18(16-20)17-21(24(30)28(22)4)23(29)27-19-10-8-7-9-11-19/h7-13,16-17,26H,14-15H2,1-6H3,(H,27,29). The molecule has 6 nitrogen and oxygen atoms in total. The summed E-state index contributed by atoms with van der Waals surface area (Å²) in [5, 5.41) is 7.18. The van der Waals surface area contributed by atoms with Crippen molar-refractivity contribution in [3.63, 3.8) is 0 Å². The van der Waals surface area contributed by atoms with Crippen LogP contribution in [-0.4, -0.2) is 31.9 Å². The molecule has 3 aromatic rings. The van der Waals surface area contributed by atoms with Crippen molar-refractivity contribution in [3.05, 3.63) is 70.5 Å². The van der Waals surface area contributed by atoms with Crippen molar-refractivity contribution in [1.82, 2.24) is 4.57 Å². The third kappa shape index (κ3) is 5.28. The highest BCUT2D eigenvalue weighted by Crippen LogP contribution is 2.36. The third-order valence-corrected chi connectivity index (χ3v) is 10.7. The van der Waals surface area contributed by atoms with Crippen molar-refractivity contribution in [2.45, 2.75) is 38.9 Å². The number of aromatic nitrogens is 1. The maximum Gasteiger partial charge on any atom is 0.263 e. The van der Waals surface area contributed by atoms with Crippen LogP contribution in [0.25, 0.3) is 10.9 Å². The predicted octanol–water partition coefficient (Wildman–Crippen LogP) is 5.22. The fraction of sp³-hybridized carbons (Fsp3) is 0.360. The zero-order valence-electron chi connectivity index (χ0n) is 19.8. The van der Waals surface area contributed by atoms with Gasteiger partial charge in [0.25, 0.3) is 11.5 Å². The molecule has 0 aliphatic heterocycles. The van der Waals surface area contributed by atoms with E-state index >= 15 is 0 Å². The summed E-state index contributed by atoms with van der Waals surface area (Å²) < 4.78 is 7.74. The summed E-state index contributed by atoms with van der Waals surface area (Å²) in [7, 11) is -0.0908. The number of aryl methyl sites for hydroxylation is 1. The van der Waals surface area contributed by atoms with Crippen LogP contribution in [0, 0.1) is 0 Å². The predicted molar refractivity (Wildman–Crippen MR) is 135 cm³/mol. The second-order valence-electron chi connectivity index (χ2n) is 9.55. The average molecular weight is 452 g/mol. The number of nitrogens with one attached hydrogen (secondary N) is 2. The minimum atomic E-state index is -1.78. The number of rotatable bonds is 7. The lowest BCUT2D eigenvalue weighted by Crippen LogP contribution is -2.41. The number of anilines is 2. The molecule has 3 rings (SSSR count). The van der Waals surface area contributed by atoms with Crippen molar-refractivity contribution >= 4 is 36.5 Å². The molecule has 0 atom stereocenters. The molecule has 32 heavy (non-hydrogen) atoms. The fourth-order valence-corrected chi connectivity index (χ4v) is 4.24. The van der Waals surface area contributed by atoms with Crippen LogP contribution in [0.1, 0.15) is 31.1 Å². The molecule has 0 unspecified atom stereocenters. The van der Waals surface area contributed by atoms with Gasteiger partial charge in [0.1, 0.15) is 5.56 Å². The number of hydrogen-bond donors (Lipinski definition) is 2. The van der Waals surface area contributed by atoms with Crippen molar-refractivity contribution in [2.75, 3.05) is 23.8 Å². The Morgan fingerprint density at radius 3 is 2.38 bits per heavy atom.